The van der Waals surface area contributed by atoms with Gasteiger partial charge in [0, 0.05) is 17.8 Å². The van der Waals surface area contributed by atoms with Gasteiger partial charge in [-0.3, -0.25) is 9.78 Å². The van der Waals surface area contributed by atoms with Crippen LogP contribution in [0.5, 0.6) is 0 Å². The Morgan fingerprint density at radius 3 is 2.76 bits per heavy atom. The third-order valence-corrected chi connectivity index (χ3v) is 2.56. The highest BCUT2D eigenvalue weighted by Gasteiger charge is 2.19. The molecule has 0 spiro atoms. The van der Waals surface area contributed by atoms with E-state index < -0.39 is 5.97 Å². The fourth-order valence-corrected chi connectivity index (χ4v) is 1.62. The van der Waals surface area contributed by atoms with Crippen LogP contribution in [0.3, 0.4) is 0 Å². The number of carboxylic acids is 1. The molecule has 0 aliphatic rings. The van der Waals surface area contributed by atoms with Crippen LogP contribution in [-0.2, 0) is 16.6 Å². The van der Waals surface area contributed by atoms with Gasteiger partial charge in [0.1, 0.15) is 0 Å². The Morgan fingerprint density at radius 1 is 1.47 bits per heavy atom. The van der Waals surface area contributed by atoms with Gasteiger partial charge in [0.15, 0.2) is 0 Å². The van der Waals surface area contributed by atoms with Crippen LogP contribution in [0.4, 0.5) is 0 Å². The minimum atomic E-state index is -0.885. The molecular formula is C12H15N3O2. The van der Waals surface area contributed by atoms with E-state index in [1.54, 1.807) is 16.9 Å². The number of fused-ring (bicyclic) bond motifs is 1. The molecule has 0 fully saturated rings. The summed E-state index contributed by atoms with van der Waals surface area (Å²) in [7, 11) is 0. The first kappa shape index (κ1) is 11.6. The predicted octanol–water partition coefficient (Wildman–Crippen LogP) is 1.65. The summed E-state index contributed by atoms with van der Waals surface area (Å²) in [6.07, 6.45) is 3.22. The third-order valence-electron chi connectivity index (χ3n) is 2.56. The van der Waals surface area contributed by atoms with Gasteiger partial charge < -0.3 is 5.11 Å². The Bertz CT molecular complexity index is 567. The quantitative estimate of drug-likeness (QED) is 0.856. The summed E-state index contributed by atoms with van der Waals surface area (Å²) in [5.74, 6) is -0.885. The van der Waals surface area contributed by atoms with Gasteiger partial charge in [-0.05, 0) is 6.07 Å². The lowest BCUT2D eigenvalue weighted by atomic mass is 9.92. The third kappa shape index (κ3) is 2.27. The number of aliphatic carboxylic acids is 1. The minimum absolute atomic E-state index is 0.0630. The van der Waals surface area contributed by atoms with Crippen LogP contribution in [0.25, 0.3) is 5.52 Å². The fourth-order valence-electron chi connectivity index (χ4n) is 1.62. The van der Waals surface area contributed by atoms with E-state index in [0.29, 0.717) is 5.69 Å². The molecule has 0 radical (unpaired) electrons. The molecule has 2 rings (SSSR count). The zero-order valence-electron chi connectivity index (χ0n) is 10.1. The number of aromatic nitrogens is 3. The highest BCUT2D eigenvalue weighted by molar-refractivity contribution is 5.73. The zero-order valence-corrected chi connectivity index (χ0v) is 10.1. The molecule has 0 aromatic carbocycles. The van der Waals surface area contributed by atoms with Gasteiger partial charge >= 0.3 is 5.97 Å². The largest absolute Gasteiger partial charge is 0.481 e. The Balaban J connectivity index is 2.57. The average Bonchev–Trinajstić information content (AvgIpc) is 2.60. The topological polar surface area (TPSA) is 67.5 Å². The number of carbonyl (C=O) groups is 1. The molecule has 1 N–H and O–H groups in total. The first-order chi connectivity index (χ1) is 7.88. The van der Waals surface area contributed by atoms with E-state index in [4.69, 9.17) is 5.11 Å². The highest BCUT2D eigenvalue weighted by Crippen LogP contribution is 2.23. The molecule has 90 valence electrons. The number of nitrogens with zero attached hydrogens (tertiary/aromatic N) is 3. The van der Waals surface area contributed by atoms with Crippen molar-refractivity contribution in [2.45, 2.75) is 32.6 Å². The van der Waals surface area contributed by atoms with E-state index in [9.17, 15) is 4.79 Å². The van der Waals surface area contributed by atoms with E-state index in [0.717, 1.165) is 11.2 Å². The van der Waals surface area contributed by atoms with Crippen molar-refractivity contribution in [1.29, 1.82) is 0 Å². The standard InChI is InChI=1S/C12H15N3O2/c1-12(2,3)10-7-9-8(6-11(16)17)13-4-5-15(9)14-10/h4-5,7H,6H2,1-3H3,(H,16,17). The summed E-state index contributed by atoms with van der Waals surface area (Å²) in [6, 6.07) is 1.91. The van der Waals surface area contributed by atoms with E-state index in [2.05, 4.69) is 30.9 Å². The fraction of sp³-hybridized carbons (Fsp3) is 0.417. The lowest BCUT2D eigenvalue weighted by Crippen LogP contribution is -2.11. The van der Waals surface area contributed by atoms with E-state index in [1.165, 1.54) is 0 Å². The molecule has 0 aliphatic heterocycles. The number of hydrogen-bond donors (Lipinski definition) is 1. The van der Waals surface area contributed by atoms with Crippen LogP contribution in [0.1, 0.15) is 32.2 Å². The first-order valence-electron chi connectivity index (χ1n) is 5.43. The van der Waals surface area contributed by atoms with Crippen molar-refractivity contribution in [3.8, 4) is 0 Å². The Labute approximate surface area is 99.1 Å². The van der Waals surface area contributed by atoms with Crippen LogP contribution >= 0.6 is 0 Å². The van der Waals surface area contributed by atoms with Crippen molar-refractivity contribution < 1.29 is 9.90 Å². The average molecular weight is 233 g/mol. The van der Waals surface area contributed by atoms with Crippen molar-refractivity contribution >= 4 is 11.5 Å². The molecule has 17 heavy (non-hydrogen) atoms. The lowest BCUT2D eigenvalue weighted by molar-refractivity contribution is -0.136. The van der Waals surface area contributed by atoms with Crippen molar-refractivity contribution in [2.24, 2.45) is 0 Å². The molecule has 0 bridgehead atoms. The molecular weight excluding hydrogens is 218 g/mol. The van der Waals surface area contributed by atoms with Crippen LogP contribution in [0, 0.1) is 0 Å². The predicted molar refractivity (Wildman–Crippen MR) is 63.0 cm³/mol. The van der Waals surface area contributed by atoms with Crippen LogP contribution in [-0.4, -0.2) is 25.7 Å². The Hall–Kier alpha value is -1.91. The maximum absolute atomic E-state index is 10.7. The van der Waals surface area contributed by atoms with Crippen molar-refractivity contribution in [2.75, 3.05) is 0 Å². The van der Waals surface area contributed by atoms with Gasteiger partial charge in [-0.1, -0.05) is 20.8 Å². The summed E-state index contributed by atoms with van der Waals surface area (Å²) in [5, 5.41) is 13.3. The maximum atomic E-state index is 10.7. The Morgan fingerprint density at radius 2 is 2.18 bits per heavy atom. The van der Waals surface area contributed by atoms with Gasteiger partial charge in [-0.15, -0.1) is 0 Å². The minimum Gasteiger partial charge on any atom is -0.481 e. The first-order valence-corrected chi connectivity index (χ1v) is 5.43. The summed E-state index contributed by atoms with van der Waals surface area (Å²) >= 11 is 0. The molecule has 0 saturated carbocycles. The smallest absolute Gasteiger partial charge is 0.309 e. The van der Waals surface area contributed by atoms with E-state index in [-0.39, 0.29) is 11.8 Å². The highest BCUT2D eigenvalue weighted by atomic mass is 16.4. The van der Waals surface area contributed by atoms with Crippen molar-refractivity contribution in [1.82, 2.24) is 14.6 Å². The lowest BCUT2D eigenvalue weighted by Gasteiger charge is -2.13. The van der Waals surface area contributed by atoms with Crippen LogP contribution in [0.2, 0.25) is 0 Å². The molecule has 5 nitrogen and oxygen atoms in total. The van der Waals surface area contributed by atoms with Crippen molar-refractivity contribution in [3.63, 3.8) is 0 Å². The number of hydrogen-bond acceptors (Lipinski definition) is 3. The maximum Gasteiger partial charge on any atom is 0.309 e. The van der Waals surface area contributed by atoms with Gasteiger partial charge in [0.2, 0.25) is 0 Å². The van der Waals surface area contributed by atoms with Gasteiger partial charge in [0.05, 0.1) is 23.3 Å². The van der Waals surface area contributed by atoms with E-state index in [1.807, 2.05) is 6.07 Å². The summed E-state index contributed by atoms with van der Waals surface area (Å²) in [5.41, 5.74) is 2.17. The molecule has 0 aliphatic carbocycles. The second kappa shape index (κ2) is 3.84. The molecule has 0 atom stereocenters. The summed E-state index contributed by atoms with van der Waals surface area (Å²) in [4.78, 5) is 14.8. The molecule has 5 heteroatoms. The van der Waals surface area contributed by atoms with Gasteiger partial charge in [0.25, 0.3) is 0 Å². The van der Waals surface area contributed by atoms with Crippen LogP contribution in [0.15, 0.2) is 18.5 Å². The molecule has 2 aromatic heterocycles. The molecule has 2 aromatic rings. The normalized spacial score (nSPS) is 11.9. The summed E-state index contributed by atoms with van der Waals surface area (Å²) in [6.45, 7) is 6.21. The summed E-state index contributed by atoms with van der Waals surface area (Å²) < 4.78 is 1.69. The van der Waals surface area contributed by atoms with Gasteiger partial charge in [-0.2, -0.15) is 5.10 Å². The number of carboxylic acid groups (broad SMARTS) is 1. The van der Waals surface area contributed by atoms with Crippen LogP contribution < -0.4 is 0 Å². The van der Waals surface area contributed by atoms with E-state index >= 15 is 0 Å². The molecule has 0 amide bonds. The molecule has 2 heterocycles. The molecule has 0 unspecified atom stereocenters. The SMILES string of the molecule is CC(C)(C)c1cc2c(CC(=O)O)nccn2n1. The number of rotatable bonds is 2. The second-order valence-corrected chi connectivity index (χ2v) is 5.05. The Kier molecular flexibility index (Phi) is 2.61. The van der Waals surface area contributed by atoms with Crippen molar-refractivity contribution in [3.05, 3.63) is 29.8 Å². The van der Waals surface area contributed by atoms with Gasteiger partial charge in [-0.25, -0.2) is 4.52 Å². The monoisotopic (exact) mass is 233 g/mol. The second-order valence-electron chi connectivity index (χ2n) is 5.05. The molecule has 0 saturated heterocycles. The zero-order chi connectivity index (χ0) is 12.6.